The van der Waals surface area contributed by atoms with Crippen LogP contribution in [0.4, 0.5) is 0 Å². The van der Waals surface area contributed by atoms with Crippen molar-refractivity contribution >= 4 is 19.9 Å². The van der Waals surface area contributed by atoms with Crippen LogP contribution >= 0.6 is 0 Å². The van der Waals surface area contributed by atoms with E-state index < -0.39 is 0 Å². The van der Waals surface area contributed by atoms with Gasteiger partial charge in [0.1, 0.15) is 0 Å². The summed E-state index contributed by atoms with van der Waals surface area (Å²) in [6.07, 6.45) is 20.1. The zero-order valence-electron chi connectivity index (χ0n) is 28.7. The molecule has 0 radical (unpaired) electrons. The van der Waals surface area contributed by atoms with Gasteiger partial charge in [-0.15, -0.1) is 17.2 Å². The van der Waals surface area contributed by atoms with E-state index in [1.807, 2.05) is 6.07 Å². The Bertz CT molecular complexity index is 1690. The summed E-state index contributed by atoms with van der Waals surface area (Å²) in [5.74, 6) is 0.468. The molecule has 1 atom stereocenters. The van der Waals surface area contributed by atoms with Gasteiger partial charge in [0.15, 0.2) is 0 Å². The Balaban J connectivity index is 0.000000148. The third kappa shape index (κ3) is 6.50. The van der Waals surface area contributed by atoms with Crippen molar-refractivity contribution in [2.45, 2.75) is 105 Å². The monoisotopic (exact) mass is 666 g/mol. The zero-order chi connectivity index (χ0) is 32.1. The van der Waals surface area contributed by atoms with Gasteiger partial charge in [0, 0.05) is 5.41 Å². The molecule has 0 aliphatic heterocycles. The van der Waals surface area contributed by atoms with E-state index in [-0.39, 0.29) is 10.8 Å². The van der Waals surface area contributed by atoms with E-state index in [0.29, 0.717) is 5.92 Å². The third-order valence-corrected chi connectivity index (χ3v) is 11.5. The molecule has 5 aliphatic carbocycles. The average Bonchev–Trinajstić information content (AvgIpc) is 3.66. The summed E-state index contributed by atoms with van der Waals surface area (Å²) in [4.78, 5) is 0. The van der Waals surface area contributed by atoms with Gasteiger partial charge in [-0.1, -0.05) is 108 Å². The van der Waals surface area contributed by atoms with E-state index in [9.17, 15) is 0 Å². The molecule has 1 saturated carbocycles. The van der Waals surface area contributed by atoms with Crippen LogP contribution in [0.3, 0.4) is 0 Å². The molecular weight excluding hydrogens is 620 g/mol. The first-order valence-electron chi connectivity index (χ1n) is 16.9. The third-order valence-electron chi connectivity index (χ3n) is 10.2. The van der Waals surface area contributed by atoms with Crippen molar-refractivity contribution in [3.63, 3.8) is 0 Å². The Kier molecular flexibility index (Phi) is 9.00. The van der Waals surface area contributed by atoms with Gasteiger partial charge in [-0.3, -0.25) is 12.2 Å². The fourth-order valence-corrected chi connectivity index (χ4v) is 8.89. The Labute approximate surface area is 287 Å². The predicted molar refractivity (Wildman–Crippen MR) is 191 cm³/mol. The van der Waals surface area contributed by atoms with Crippen molar-refractivity contribution in [2.24, 2.45) is 5.92 Å². The number of benzene rings is 3. The van der Waals surface area contributed by atoms with Crippen LogP contribution in [0.1, 0.15) is 126 Å². The van der Waals surface area contributed by atoms with Gasteiger partial charge in [-0.05, 0) is 58.4 Å². The van der Waals surface area contributed by atoms with Gasteiger partial charge < -0.3 is 0 Å². The summed E-state index contributed by atoms with van der Waals surface area (Å²) in [6.45, 7) is 18.0. The minimum atomic E-state index is 0.0340. The van der Waals surface area contributed by atoms with E-state index in [0.717, 1.165) is 6.42 Å². The summed E-state index contributed by atoms with van der Waals surface area (Å²) >= 11 is 1.69. The Hall–Kier alpha value is -2.63. The first-order valence-corrected chi connectivity index (χ1v) is 18.2. The molecule has 1 unspecified atom stereocenters. The van der Waals surface area contributed by atoms with Gasteiger partial charge in [-0.25, -0.2) is 11.1 Å². The summed E-state index contributed by atoms with van der Waals surface area (Å²) in [5.41, 5.74) is 18.5. The number of rotatable bonds is 1. The van der Waals surface area contributed by atoms with E-state index >= 15 is 0 Å². The standard InChI is InChI=1S/C25H25.C13H13.C6H10.Zr/c1-14-12-24(3,4)22-8-16-7-17-9-23-19(15(2)13-25(23,5)6)11-21(17)20(16)10-18(14)22;1-10-8-11(2)13(9-10)12-6-4-3-5-7-12;1-2-4-6-5-3-1;/h8-12H,7H2,1-6H3;3-7,9-10H,1-2H3;1-5H2;/q2*-1;;+2. The molecule has 45 heavy (non-hydrogen) atoms. The van der Waals surface area contributed by atoms with Gasteiger partial charge in [0.05, 0.1) is 0 Å². The Morgan fingerprint density at radius 3 is 1.93 bits per heavy atom. The molecule has 0 amide bonds. The second-order valence-corrected chi connectivity index (χ2v) is 16.6. The second kappa shape index (κ2) is 12.5. The molecule has 228 valence electrons. The maximum atomic E-state index is 3.65. The molecule has 3 aromatic rings. The molecule has 0 bridgehead atoms. The van der Waals surface area contributed by atoms with Crippen LogP contribution in [0, 0.1) is 18.1 Å². The molecule has 0 nitrogen and oxygen atoms in total. The fourth-order valence-electron chi connectivity index (χ4n) is 8.02. The molecule has 0 N–H and O–H groups in total. The quantitative estimate of drug-likeness (QED) is 0.177. The maximum absolute atomic E-state index is 3.65. The van der Waals surface area contributed by atoms with Crippen molar-refractivity contribution < 1.29 is 24.2 Å². The molecule has 0 aromatic heterocycles. The molecule has 8 rings (SSSR count). The van der Waals surface area contributed by atoms with Crippen LogP contribution in [0.25, 0.3) is 27.8 Å². The van der Waals surface area contributed by atoms with Gasteiger partial charge in [-0.2, -0.15) is 17.2 Å². The van der Waals surface area contributed by atoms with Crippen LogP contribution in [0.15, 0.2) is 72.3 Å². The van der Waals surface area contributed by atoms with Crippen molar-refractivity contribution in [3.8, 4) is 11.1 Å². The predicted octanol–water partition coefficient (Wildman–Crippen LogP) is 11.6. The van der Waals surface area contributed by atoms with Crippen LogP contribution in [-0.4, -0.2) is 3.21 Å². The first kappa shape index (κ1) is 32.3. The Morgan fingerprint density at radius 1 is 0.733 bits per heavy atom. The number of fused-ring (bicyclic) bond motifs is 5. The van der Waals surface area contributed by atoms with E-state index in [1.54, 1.807) is 27.4 Å². The molecule has 0 spiro atoms. The molecule has 1 heteroatoms. The van der Waals surface area contributed by atoms with Crippen LogP contribution in [0.2, 0.25) is 0 Å². The average molecular weight is 668 g/mol. The number of hydrogen-bond acceptors (Lipinski definition) is 0. The zero-order valence-corrected chi connectivity index (χ0v) is 31.1. The fraction of sp³-hybridized carbons (Fsp3) is 0.386. The molecule has 0 heterocycles. The number of allylic oxidation sites excluding steroid dienone is 8. The van der Waals surface area contributed by atoms with Gasteiger partial charge in [0.25, 0.3) is 0 Å². The topological polar surface area (TPSA) is 0 Å². The van der Waals surface area contributed by atoms with Crippen molar-refractivity contribution in [3.05, 3.63) is 123 Å². The van der Waals surface area contributed by atoms with E-state index in [1.165, 1.54) is 104 Å². The summed E-state index contributed by atoms with van der Waals surface area (Å²) < 4.78 is 1.80. The van der Waals surface area contributed by atoms with Crippen molar-refractivity contribution in [1.82, 2.24) is 0 Å². The number of hydrogen-bond donors (Lipinski definition) is 0. The first-order chi connectivity index (χ1) is 21.3. The summed E-state index contributed by atoms with van der Waals surface area (Å²) in [6, 6.07) is 20.3. The van der Waals surface area contributed by atoms with Crippen molar-refractivity contribution in [2.75, 3.05) is 0 Å². The van der Waals surface area contributed by atoms with Gasteiger partial charge >= 0.3 is 59.5 Å². The summed E-state index contributed by atoms with van der Waals surface area (Å²) in [5, 5.41) is 0. The van der Waals surface area contributed by atoms with Crippen LogP contribution in [-0.2, 0) is 41.5 Å². The second-order valence-electron chi connectivity index (χ2n) is 14.9. The summed E-state index contributed by atoms with van der Waals surface area (Å²) in [7, 11) is 0. The van der Waals surface area contributed by atoms with Crippen LogP contribution in [0.5, 0.6) is 0 Å². The van der Waals surface area contributed by atoms with E-state index in [2.05, 4.69) is 128 Å². The van der Waals surface area contributed by atoms with Crippen LogP contribution < -0.4 is 0 Å². The van der Waals surface area contributed by atoms with Gasteiger partial charge in [0.2, 0.25) is 0 Å². The molecule has 1 fully saturated rings. The molecule has 5 aliphatic rings. The normalized spacial score (nSPS) is 21.1. The SMILES string of the molecule is CC1=[C-]C(C)(C)c2cc3c(cc21)-c1cc2c(cc1C3)C(C)(C)C=C2C.CC1=[C-]C(C)C=C1c1ccccc1.[Zr+2]=[C]1CCCCC1. The Morgan fingerprint density at radius 2 is 1.36 bits per heavy atom. The molecule has 3 aromatic carbocycles. The van der Waals surface area contributed by atoms with Crippen molar-refractivity contribution in [1.29, 1.82) is 0 Å². The molecular formula is C44H48Zr. The van der Waals surface area contributed by atoms with E-state index in [4.69, 9.17) is 0 Å². The minimum absolute atomic E-state index is 0.0340. The molecule has 0 saturated heterocycles.